The largest absolute Gasteiger partial charge is 0.351 e. The highest BCUT2D eigenvalue weighted by Crippen LogP contribution is 2.21. The van der Waals surface area contributed by atoms with Crippen molar-refractivity contribution in [2.75, 3.05) is 13.1 Å². The molecule has 0 radical (unpaired) electrons. The fraction of sp³-hybridized carbons (Fsp3) is 0.545. The second kappa shape index (κ2) is 7.36. The van der Waals surface area contributed by atoms with Crippen molar-refractivity contribution >= 4 is 45.6 Å². The molecule has 6 heteroatoms. The second-order valence-corrected chi connectivity index (χ2v) is 6.59. The first kappa shape index (κ1) is 15.0. The van der Waals surface area contributed by atoms with Crippen LogP contribution in [0.15, 0.2) is 15.9 Å². The van der Waals surface area contributed by atoms with Crippen LogP contribution >= 0.6 is 39.7 Å². The molecule has 0 saturated carbocycles. The van der Waals surface area contributed by atoms with E-state index in [1.807, 2.05) is 12.1 Å². The van der Waals surface area contributed by atoms with E-state index >= 15 is 0 Å². The van der Waals surface area contributed by atoms with Gasteiger partial charge in [0, 0.05) is 11.3 Å². The molecule has 3 nitrogen and oxygen atoms in total. The molecule has 2 rings (SSSR count). The number of hydrogen-bond acceptors (Lipinski definition) is 3. The lowest BCUT2D eigenvalue weighted by Gasteiger charge is -2.08. The molecule has 1 atom stereocenters. The van der Waals surface area contributed by atoms with E-state index in [1.54, 1.807) is 11.3 Å². The molecule has 1 aromatic rings. The topological polar surface area (TPSA) is 41.1 Å². The first-order chi connectivity index (χ1) is 7.74. The minimum absolute atomic E-state index is 0. The molecule has 1 aliphatic rings. The van der Waals surface area contributed by atoms with Crippen LogP contribution in [0, 0.1) is 5.92 Å². The van der Waals surface area contributed by atoms with Crippen LogP contribution in [0.5, 0.6) is 0 Å². The number of thiophene rings is 1. The second-order valence-electron chi connectivity index (χ2n) is 4.05. The SMILES string of the molecule is Cl.O=C(CC1CCNC1)NCc1ccc(Br)s1. The highest BCUT2D eigenvalue weighted by molar-refractivity contribution is 9.11. The molecular weight excluding hydrogens is 324 g/mol. The smallest absolute Gasteiger partial charge is 0.220 e. The number of carbonyl (C=O) groups excluding carboxylic acids is 1. The summed E-state index contributed by atoms with van der Waals surface area (Å²) < 4.78 is 1.11. The maximum atomic E-state index is 11.6. The van der Waals surface area contributed by atoms with E-state index < -0.39 is 0 Å². The Morgan fingerprint density at radius 2 is 2.41 bits per heavy atom. The van der Waals surface area contributed by atoms with Gasteiger partial charge in [0.25, 0.3) is 0 Å². The van der Waals surface area contributed by atoms with Crippen molar-refractivity contribution in [3.63, 3.8) is 0 Å². The van der Waals surface area contributed by atoms with Crippen molar-refractivity contribution in [3.05, 3.63) is 20.8 Å². The Bertz CT molecular complexity index is 366. The first-order valence-electron chi connectivity index (χ1n) is 5.45. The van der Waals surface area contributed by atoms with Gasteiger partial charge < -0.3 is 10.6 Å². The zero-order valence-electron chi connectivity index (χ0n) is 9.37. The zero-order valence-corrected chi connectivity index (χ0v) is 12.6. The number of halogens is 2. The van der Waals surface area contributed by atoms with E-state index in [-0.39, 0.29) is 18.3 Å². The van der Waals surface area contributed by atoms with Gasteiger partial charge in [0.2, 0.25) is 5.91 Å². The van der Waals surface area contributed by atoms with Gasteiger partial charge in [0.1, 0.15) is 0 Å². The molecule has 0 aliphatic carbocycles. The van der Waals surface area contributed by atoms with Crippen LogP contribution in [-0.4, -0.2) is 19.0 Å². The summed E-state index contributed by atoms with van der Waals surface area (Å²) in [5, 5.41) is 6.23. The molecule has 1 aliphatic heterocycles. The number of amides is 1. The van der Waals surface area contributed by atoms with E-state index in [9.17, 15) is 4.79 Å². The van der Waals surface area contributed by atoms with Gasteiger partial charge in [-0.2, -0.15) is 0 Å². The summed E-state index contributed by atoms with van der Waals surface area (Å²) >= 11 is 5.07. The van der Waals surface area contributed by atoms with Crippen LogP contribution in [0.2, 0.25) is 0 Å². The number of nitrogens with one attached hydrogen (secondary N) is 2. The Balaban J connectivity index is 0.00000144. The molecule has 0 aromatic carbocycles. The van der Waals surface area contributed by atoms with Gasteiger partial charge in [-0.1, -0.05) is 0 Å². The molecule has 1 aromatic heterocycles. The Labute approximate surface area is 120 Å². The standard InChI is InChI=1S/C11H15BrN2OS.ClH/c12-10-2-1-9(16-10)7-14-11(15)5-8-3-4-13-6-8;/h1-2,8,13H,3-7H2,(H,14,15);1H. The maximum Gasteiger partial charge on any atom is 0.220 e. The monoisotopic (exact) mass is 338 g/mol. The summed E-state index contributed by atoms with van der Waals surface area (Å²) in [5.41, 5.74) is 0. The lowest BCUT2D eigenvalue weighted by molar-refractivity contribution is -0.122. The van der Waals surface area contributed by atoms with Gasteiger partial charge in [-0.3, -0.25) is 4.79 Å². The van der Waals surface area contributed by atoms with Gasteiger partial charge in [0.05, 0.1) is 10.3 Å². The summed E-state index contributed by atoms with van der Waals surface area (Å²) in [6.45, 7) is 2.68. The third-order valence-electron chi connectivity index (χ3n) is 2.73. The van der Waals surface area contributed by atoms with E-state index in [1.165, 1.54) is 4.88 Å². The summed E-state index contributed by atoms with van der Waals surface area (Å²) in [4.78, 5) is 12.8. The molecule has 1 fully saturated rings. The minimum atomic E-state index is 0. The van der Waals surface area contributed by atoms with E-state index in [0.29, 0.717) is 18.9 Å². The van der Waals surface area contributed by atoms with Crippen LogP contribution < -0.4 is 10.6 Å². The van der Waals surface area contributed by atoms with Gasteiger partial charge in [-0.15, -0.1) is 23.7 Å². The van der Waals surface area contributed by atoms with Crippen molar-refractivity contribution in [3.8, 4) is 0 Å². The van der Waals surface area contributed by atoms with Crippen LogP contribution in [0.4, 0.5) is 0 Å². The minimum Gasteiger partial charge on any atom is -0.351 e. The van der Waals surface area contributed by atoms with Crippen molar-refractivity contribution < 1.29 is 4.79 Å². The lowest BCUT2D eigenvalue weighted by atomic mass is 10.0. The van der Waals surface area contributed by atoms with Gasteiger partial charge in [0.15, 0.2) is 0 Å². The molecule has 2 N–H and O–H groups in total. The van der Waals surface area contributed by atoms with Crippen molar-refractivity contribution in [1.29, 1.82) is 0 Å². The predicted octanol–water partition coefficient (Wildman–Crippen LogP) is 2.55. The third kappa shape index (κ3) is 4.95. The van der Waals surface area contributed by atoms with Crippen LogP contribution in [0.25, 0.3) is 0 Å². The summed E-state index contributed by atoms with van der Waals surface area (Å²) in [5.74, 6) is 0.688. The van der Waals surface area contributed by atoms with E-state index in [0.717, 1.165) is 23.3 Å². The maximum absolute atomic E-state index is 11.6. The summed E-state index contributed by atoms with van der Waals surface area (Å²) in [6.07, 6.45) is 1.78. The molecule has 96 valence electrons. The normalized spacial score (nSPS) is 18.8. The first-order valence-corrected chi connectivity index (χ1v) is 7.06. The Morgan fingerprint density at radius 1 is 1.59 bits per heavy atom. The Kier molecular flexibility index (Phi) is 6.48. The summed E-state index contributed by atoms with van der Waals surface area (Å²) in [6, 6.07) is 4.04. The third-order valence-corrected chi connectivity index (χ3v) is 4.35. The molecular formula is C11H16BrClN2OS. The average Bonchev–Trinajstić information content (AvgIpc) is 2.87. The number of rotatable bonds is 4. The fourth-order valence-electron chi connectivity index (χ4n) is 1.86. The molecule has 0 bridgehead atoms. The zero-order chi connectivity index (χ0) is 11.4. The highest BCUT2D eigenvalue weighted by atomic mass is 79.9. The van der Waals surface area contributed by atoms with Gasteiger partial charge >= 0.3 is 0 Å². The van der Waals surface area contributed by atoms with Crippen LogP contribution in [-0.2, 0) is 11.3 Å². The molecule has 1 saturated heterocycles. The molecule has 0 spiro atoms. The van der Waals surface area contributed by atoms with Crippen LogP contribution in [0.3, 0.4) is 0 Å². The molecule has 1 unspecified atom stereocenters. The fourth-order valence-corrected chi connectivity index (χ4v) is 3.28. The number of hydrogen-bond donors (Lipinski definition) is 2. The quantitative estimate of drug-likeness (QED) is 0.885. The van der Waals surface area contributed by atoms with Crippen molar-refractivity contribution in [1.82, 2.24) is 10.6 Å². The molecule has 17 heavy (non-hydrogen) atoms. The van der Waals surface area contributed by atoms with Gasteiger partial charge in [-0.25, -0.2) is 0 Å². The van der Waals surface area contributed by atoms with Crippen molar-refractivity contribution in [2.24, 2.45) is 5.92 Å². The van der Waals surface area contributed by atoms with Gasteiger partial charge in [-0.05, 0) is 53.5 Å². The Hall–Kier alpha value is -0.100. The predicted molar refractivity (Wildman–Crippen MR) is 76.7 cm³/mol. The van der Waals surface area contributed by atoms with E-state index in [4.69, 9.17) is 0 Å². The molecule has 1 amide bonds. The Morgan fingerprint density at radius 3 is 3.00 bits per heavy atom. The molecule has 2 heterocycles. The van der Waals surface area contributed by atoms with Crippen LogP contribution in [0.1, 0.15) is 17.7 Å². The van der Waals surface area contributed by atoms with E-state index in [2.05, 4.69) is 26.6 Å². The highest BCUT2D eigenvalue weighted by Gasteiger charge is 2.17. The van der Waals surface area contributed by atoms with Crippen molar-refractivity contribution in [2.45, 2.75) is 19.4 Å². The number of carbonyl (C=O) groups is 1. The summed E-state index contributed by atoms with van der Waals surface area (Å²) in [7, 11) is 0. The average molecular weight is 340 g/mol. The lowest BCUT2D eigenvalue weighted by Crippen LogP contribution is -2.25.